The van der Waals surface area contributed by atoms with Crippen molar-refractivity contribution in [2.75, 3.05) is 25.7 Å². The van der Waals surface area contributed by atoms with Gasteiger partial charge in [0, 0.05) is 18.7 Å². The number of hydrogen-bond donors (Lipinski definition) is 0. The summed E-state index contributed by atoms with van der Waals surface area (Å²) in [7, 11) is 3.11. The van der Waals surface area contributed by atoms with Gasteiger partial charge in [-0.25, -0.2) is 19.7 Å². The van der Waals surface area contributed by atoms with Gasteiger partial charge in [-0.2, -0.15) is 10.2 Å². The second kappa shape index (κ2) is 9.54. The second-order valence-corrected chi connectivity index (χ2v) is 9.78. The van der Waals surface area contributed by atoms with E-state index in [1.165, 1.54) is 28.6 Å². The van der Waals surface area contributed by atoms with E-state index in [0.29, 0.717) is 54.3 Å². The molecule has 0 spiro atoms. The van der Waals surface area contributed by atoms with Gasteiger partial charge in [0.25, 0.3) is 6.29 Å². The van der Waals surface area contributed by atoms with Crippen LogP contribution in [-0.4, -0.2) is 58.3 Å². The summed E-state index contributed by atoms with van der Waals surface area (Å²) in [5.74, 6) is 1.27. The second-order valence-electron chi connectivity index (χ2n) is 8.38. The molecule has 0 saturated carbocycles. The number of ether oxygens (including phenoxy) is 4. The average Bonchev–Trinajstić information content (AvgIpc) is 3.38. The Balaban J connectivity index is 1.32. The highest BCUT2D eigenvalue weighted by molar-refractivity contribution is 7.22. The highest BCUT2D eigenvalue weighted by Gasteiger charge is 2.30. The Morgan fingerprint density at radius 3 is 2.84 bits per heavy atom. The Morgan fingerprint density at radius 2 is 2.05 bits per heavy atom. The summed E-state index contributed by atoms with van der Waals surface area (Å²) in [5, 5.41) is 8.55. The maximum atomic E-state index is 12.6. The highest BCUT2D eigenvalue weighted by Crippen LogP contribution is 2.47. The third-order valence-electron chi connectivity index (χ3n) is 5.83. The Morgan fingerprint density at radius 1 is 1.18 bits per heavy atom. The molecule has 1 atom stereocenters. The first-order chi connectivity index (χ1) is 18.4. The molecule has 0 bridgehead atoms. The molecule has 5 aromatic rings. The maximum absolute atomic E-state index is 12.6. The summed E-state index contributed by atoms with van der Waals surface area (Å²) in [4.78, 5) is 27.8. The van der Waals surface area contributed by atoms with Crippen molar-refractivity contribution in [3.8, 4) is 28.0 Å². The standard InChI is InChI=1S/C25H19ClN6O5S/c1-12-6-14(20-16(7-12)30-18(34-3)10-27-20)24-31-21-15(26)8-17-22(23(21)38-24)35-11-19(36-17)37-25(33)32(2)13-4-5-28-29-9-13/h4-10,19H,11H2,1-3H3/t19-/m1/s1. The number of rotatable bonds is 4. The molecule has 38 heavy (non-hydrogen) atoms. The summed E-state index contributed by atoms with van der Waals surface area (Å²) in [6, 6.07) is 7.19. The number of hydrogen-bond acceptors (Lipinski definition) is 11. The minimum Gasteiger partial charge on any atom is -0.480 e. The first-order valence-corrected chi connectivity index (χ1v) is 12.6. The van der Waals surface area contributed by atoms with Crippen LogP contribution >= 0.6 is 22.9 Å². The zero-order valence-corrected chi connectivity index (χ0v) is 21.9. The lowest BCUT2D eigenvalue weighted by Crippen LogP contribution is -2.38. The normalized spacial score (nSPS) is 14.5. The Hall–Kier alpha value is -4.29. The molecular formula is C25H19ClN6O5S. The highest BCUT2D eigenvalue weighted by atomic mass is 35.5. The number of amides is 1. The zero-order chi connectivity index (χ0) is 26.4. The van der Waals surface area contributed by atoms with Gasteiger partial charge in [0.1, 0.15) is 15.2 Å². The van der Waals surface area contributed by atoms with E-state index in [0.717, 1.165) is 11.1 Å². The van der Waals surface area contributed by atoms with Crippen LogP contribution in [0.1, 0.15) is 5.56 Å². The van der Waals surface area contributed by atoms with Crippen molar-refractivity contribution in [2.45, 2.75) is 13.2 Å². The van der Waals surface area contributed by atoms with Crippen LogP contribution in [0.4, 0.5) is 10.5 Å². The van der Waals surface area contributed by atoms with Gasteiger partial charge in [0.2, 0.25) is 5.88 Å². The zero-order valence-electron chi connectivity index (χ0n) is 20.3. The number of anilines is 1. The van der Waals surface area contributed by atoms with Gasteiger partial charge < -0.3 is 18.9 Å². The number of benzene rings is 2. The molecule has 192 valence electrons. The predicted octanol–water partition coefficient (Wildman–Crippen LogP) is 5.04. The van der Waals surface area contributed by atoms with Gasteiger partial charge in [-0.05, 0) is 30.7 Å². The molecule has 1 aliphatic rings. The summed E-state index contributed by atoms with van der Waals surface area (Å²) in [5.41, 5.74) is 4.31. The van der Waals surface area contributed by atoms with Gasteiger partial charge in [-0.15, -0.1) is 11.3 Å². The fraction of sp³-hybridized carbons (Fsp3) is 0.200. The van der Waals surface area contributed by atoms with E-state index in [1.54, 1.807) is 32.5 Å². The average molecular weight is 551 g/mol. The first-order valence-electron chi connectivity index (χ1n) is 11.4. The number of halogens is 1. The number of nitrogens with zero attached hydrogens (tertiary/aromatic N) is 6. The molecule has 3 aromatic heterocycles. The quantitative estimate of drug-likeness (QED) is 0.301. The maximum Gasteiger partial charge on any atom is 0.417 e. The van der Waals surface area contributed by atoms with Crippen molar-refractivity contribution in [3.05, 3.63) is 53.4 Å². The number of aryl methyl sites for hydroxylation is 1. The van der Waals surface area contributed by atoms with Gasteiger partial charge in [0.15, 0.2) is 18.1 Å². The molecule has 0 N–H and O–H groups in total. The van der Waals surface area contributed by atoms with Crippen LogP contribution in [0.15, 0.2) is 42.9 Å². The Labute approximate surface area is 224 Å². The van der Waals surface area contributed by atoms with Crippen molar-refractivity contribution >= 4 is 56.0 Å². The number of fused-ring (bicyclic) bond motifs is 4. The van der Waals surface area contributed by atoms with Crippen LogP contribution in [0, 0.1) is 6.92 Å². The molecule has 0 radical (unpaired) electrons. The smallest absolute Gasteiger partial charge is 0.417 e. The third kappa shape index (κ3) is 4.27. The van der Waals surface area contributed by atoms with Crippen molar-refractivity contribution in [1.29, 1.82) is 0 Å². The van der Waals surface area contributed by atoms with E-state index in [-0.39, 0.29) is 6.61 Å². The molecular weight excluding hydrogens is 532 g/mol. The molecule has 2 aromatic carbocycles. The molecule has 6 rings (SSSR count). The van der Waals surface area contributed by atoms with E-state index in [9.17, 15) is 4.79 Å². The van der Waals surface area contributed by atoms with E-state index in [4.69, 9.17) is 35.5 Å². The number of aromatic nitrogens is 5. The van der Waals surface area contributed by atoms with E-state index >= 15 is 0 Å². The topological polar surface area (TPSA) is 122 Å². The number of carbonyl (C=O) groups excluding carboxylic acids is 1. The van der Waals surface area contributed by atoms with E-state index in [1.807, 2.05) is 19.1 Å². The first kappa shape index (κ1) is 24.1. The lowest BCUT2D eigenvalue weighted by molar-refractivity contribution is -0.0717. The number of thiazole rings is 1. The fourth-order valence-electron chi connectivity index (χ4n) is 4.01. The van der Waals surface area contributed by atoms with Gasteiger partial charge in [0.05, 0.1) is 47.4 Å². The predicted molar refractivity (Wildman–Crippen MR) is 141 cm³/mol. The van der Waals surface area contributed by atoms with Crippen molar-refractivity contribution in [2.24, 2.45) is 0 Å². The molecule has 0 saturated heterocycles. The molecule has 13 heteroatoms. The summed E-state index contributed by atoms with van der Waals surface area (Å²) >= 11 is 8.00. The number of carbonyl (C=O) groups is 1. The van der Waals surface area contributed by atoms with Crippen molar-refractivity contribution in [3.63, 3.8) is 0 Å². The van der Waals surface area contributed by atoms with Crippen LogP contribution in [0.5, 0.6) is 17.4 Å². The molecule has 0 aliphatic carbocycles. The van der Waals surface area contributed by atoms with Crippen LogP contribution in [0.3, 0.4) is 0 Å². The Bertz CT molecular complexity index is 1700. The molecule has 4 heterocycles. The van der Waals surface area contributed by atoms with Gasteiger partial charge >= 0.3 is 6.09 Å². The van der Waals surface area contributed by atoms with E-state index in [2.05, 4.69) is 20.2 Å². The SMILES string of the molecule is COc1cnc2c(-c3nc4c(Cl)cc5c(c4s3)OC[C@@H](OC(=O)N(C)c3ccnnc3)O5)cc(C)cc2n1. The number of methoxy groups -OCH3 is 1. The van der Waals surface area contributed by atoms with Crippen molar-refractivity contribution in [1.82, 2.24) is 25.1 Å². The summed E-state index contributed by atoms with van der Waals surface area (Å²) in [6.07, 6.45) is 2.90. The molecule has 0 unspecified atom stereocenters. The minimum atomic E-state index is -0.973. The van der Waals surface area contributed by atoms with Gasteiger partial charge in [-0.1, -0.05) is 11.6 Å². The van der Waals surface area contributed by atoms with E-state index < -0.39 is 12.4 Å². The molecule has 0 fully saturated rings. The summed E-state index contributed by atoms with van der Waals surface area (Å²) in [6.45, 7) is 1.97. The van der Waals surface area contributed by atoms with Crippen LogP contribution in [0.2, 0.25) is 5.02 Å². The van der Waals surface area contributed by atoms with Crippen LogP contribution < -0.4 is 19.1 Å². The fourth-order valence-corrected chi connectivity index (χ4v) is 5.40. The van der Waals surface area contributed by atoms with Gasteiger partial charge in [-0.3, -0.25) is 4.90 Å². The monoisotopic (exact) mass is 550 g/mol. The van der Waals surface area contributed by atoms with Crippen LogP contribution in [0.25, 0.3) is 31.8 Å². The minimum absolute atomic E-state index is 0.0101. The van der Waals surface area contributed by atoms with Crippen molar-refractivity contribution < 1.29 is 23.7 Å². The largest absolute Gasteiger partial charge is 0.480 e. The third-order valence-corrected chi connectivity index (χ3v) is 7.21. The molecule has 11 nitrogen and oxygen atoms in total. The lowest BCUT2D eigenvalue weighted by Gasteiger charge is -2.27. The molecule has 1 amide bonds. The molecule has 1 aliphatic heterocycles. The lowest BCUT2D eigenvalue weighted by atomic mass is 10.1. The Kier molecular flexibility index (Phi) is 6.04. The van der Waals surface area contributed by atoms with Crippen LogP contribution in [-0.2, 0) is 4.74 Å². The summed E-state index contributed by atoms with van der Waals surface area (Å²) < 4.78 is 23.4.